The molecule has 0 fully saturated rings. The first kappa shape index (κ1) is 46.1. The topological polar surface area (TPSA) is 55.2 Å². The summed E-state index contributed by atoms with van der Waals surface area (Å²) in [6.07, 6.45) is 3.69. The molecule has 0 aliphatic heterocycles. The Morgan fingerprint density at radius 3 is 1.98 bits per heavy atom. The van der Waals surface area contributed by atoms with Gasteiger partial charge in [-0.3, -0.25) is 7.05 Å². The van der Waals surface area contributed by atoms with Crippen molar-refractivity contribution >= 4 is 44.7 Å². The molecular weight excluding hydrogens is 990 g/mol. The zero-order valence-corrected chi connectivity index (χ0v) is 41.8. The third-order valence-electron chi connectivity index (χ3n) is 12.2. The van der Waals surface area contributed by atoms with Crippen LogP contribution in [0.3, 0.4) is 0 Å². The fourth-order valence-electron chi connectivity index (χ4n) is 8.87. The van der Waals surface area contributed by atoms with Crippen LogP contribution in [0.4, 0.5) is 22.9 Å². The van der Waals surface area contributed by atoms with Crippen molar-refractivity contribution in [2.24, 2.45) is 0 Å². The molecule has 0 saturated carbocycles. The van der Waals surface area contributed by atoms with E-state index in [1.807, 2.05) is 42.6 Å². The van der Waals surface area contributed by atoms with E-state index in [1.54, 1.807) is 11.1 Å². The summed E-state index contributed by atoms with van der Waals surface area (Å²) in [5, 5.41) is 5.95. The summed E-state index contributed by atoms with van der Waals surface area (Å²) in [5.41, 5.74) is 16.4. The Hall–Kier alpha value is -6.49. The molecule has 9 rings (SSSR count). The molecule has 336 valence electrons. The molecule has 6 aromatic carbocycles. The number of hydrogen-bond donors (Lipinski definition) is 1. The monoisotopic (exact) mass is 1050 g/mol. The standard InChI is InChI=1S/C59H56N5O.Pt/c1-37-27-38(2)29-41(28-37)42-30-43(56-39(3)15-12-16-40(56)4)32-46(31-42)62-52-19-14-25-61-57(52)63(11)47-17-13-18-48(35-47)65-49-21-23-51-50-22-20-44(58(5,6)7)33-53(50)64(54(51)36-49)55-34-45(24-26-60-55)59(8,9)10;/h12-34,62H,11H2,1-10H3;/q-3;. The van der Waals surface area contributed by atoms with E-state index in [0.717, 1.165) is 50.1 Å². The average molecular weight is 1050 g/mol. The van der Waals surface area contributed by atoms with Crippen LogP contribution >= 0.6 is 0 Å². The Morgan fingerprint density at radius 1 is 0.606 bits per heavy atom. The second kappa shape index (κ2) is 18.1. The van der Waals surface area contributed by atoms with Gasteiger partial charge in [-0.15, -0.1) is 41.4 Å². The number of aromatic nitrogens is 3. The maximum absolute atomic E-state index is 6.59. The minimum Gasteiger partial charge on any atom is -0.509 e. The van der Waals surface area contributed by atoms with Gasteiger partial charge in [0.05, 0.1) is 5.69 Å². The molecule has 0 radical (unpaired) electrons. The van der Waals surface area contributed by atoms with E-state index in [2.05, 4.69) is 189 Å². The molecule has 1 N–H and O–H groups in total. The number of nitrogens with zero attached hydrogens (tertiary/aromatic N) is 4. The normalized spacial score (nSPS) is 11.7. The largest absolute Gasteiger partial charge is 0.509 e. The molecule has 0 saturated heterocycles. The van der Waals surface area contributed by atoms with Crippen LogP contribution in [-0.2, 0) is 31.9 Å². The number of hydrogen-bond acceptors (Lipinski definition) is 5. The van der Waals surface area contributed by atoms with Crippen LogP contribution in [0.2, 0.25) is 0 Å². The summed E-state index contributed by atoms with van der Waals surface area (Å²) in [5.74, 6) is 2.58. The maximum Gasteiger partial charge on any atom is 0.135 e. The number of nitrogens with one attached hydrogen (secondary N) is 1. The van der Waals surface area contributed by atoms with Crippen LogP contribution in [0.5, 0.6) is 11.5 Å². The summed E-state index contributed by atoms with van der Waals surface area (Å²) in [4.78, 5) is 11.5. The van der Waals surface area contributed by atoms with E-state index in [4.69, 9.17) is 14.7 Å². The molecule has 0 atom stereocenters. The van der Waals surface area contributed by atoms with Crippen LogP contribution in [0, 0.1) is 46.9 Å². The van der Waals surface area contributed by atoms with E-state index in [-0.39, 0.29) is 31.9 Å². The molecule has 0 amide bonds. The molecular formula is C59H56N5OPt-3. The third kappa shape index (κ3) is 9.30. The Bertz CT molecular complexity index is 3220. The molecule has 7 heteroatoms. The van der Waals surface area contributed by atoms with E-state index < -0.39 is 0 Å². The van der Waals surface area contributed by atoms with Gasteiger partial charge in [0.25, 0.3) is 0 Å². The number of aryl methyl sites for hydroxylation is 4. The van der Waals surface area contributed by atoms with E-state index in [0.29, 0.717) is 23.0 Å². The predicted molar refractivity (Wildman–Crippen MR) is 271 cm³/mol. The molecule has 0 bridgehead atoms. The molecule has 3 heterocycles. The Kier molecular flexibility index (Phi) is 12.6. The van der Waals surface area contributed by atoms with Crippen molar-refractivity contribution in [1.82, 2.24) is 14.5 Å². The summed E-state index contributed by atoms with van der Waals surface area (Å²) in [6.45, 7) is 22.1. The quantitative estimate of drug-likeness (QED) is 0.146. The van der Waals surface area contributed by atoms with Gasteiger partial charge in [-0.25, -0.2) is 9.97 Å². The fourth-order valence-corrected chi connectivity index (χ4v) is 8.87. The molecule has 0 aliphatic rings. The molecule has 0 aliphatic carbocycles. The molecule has 0 unspecified atom stereocenters. The van der Waals surface area contributed by atoms with E-state index in [1.165, 1.54) is 44.5 Å². The van der Waals surface area contributed by atoms with Crippen molar-refractivity contribution in [3.63, 3.8) is 0 Å². The number of fused-ring (bicyclic) bond motifs is 3. The number of rotatable bonds is 9. The first-order valence-corrected chi connectivity index (χ1v) is 22.3. The number of ether oxygens (including phenoxy) is 1. The predicted octanol–water partition coefficient (Wildman–Crippen LogP) is 15.8. The zero-order chi connectivity index (χ0) is 45.8. The minimum absolute atomic E-state index is 0. The van der Waals surface area contributed by atoms with Gasteiger partial charge in [0, 0.05) is 56.2 Å². The van der Waals surface area contributed by atoms with Gasteiger partial charge in [-0.1, -0.05) is 107 Å². The molecule has 9 aromatic rings. The number of pyridine rings is 2. The van der Waals surface area contributed by atoms with Gasteiger partial charge in [-0.2, -0.15) is 12.1 Å². The fraction of sp³-hybridized carbons (Fsp3) is 0.203. The zero-order valence-electron chi connectivity index (χ0n) is 39.5. The van der Waals surface area contributed by atoms with Gasteiger partial charge >= 0.3 is 0 Å². The van der Waals surface area contributed by atoms with Crippen molar-refractivity contribution in [3.8, 4) is 39.6 Å². The Labute approximate surface area is 405 Å². The van der Waals surface area contributed by atoms with Crippen molar-refractivity contribution in [2.75, 3.05) is 10.2 Å². The second-order valence-electron chi connectivity index (χ2n) is 19.4. The van der Waals surface area contributed by atoms with Crippen LogP contribution in [-0.4, -0.2) is 14.5 Å². The average Bonchev–Trinajstić information content (AvgIpc) is 3.58. The van der Waals surface area contributed by atoms with Crippen molar-refractivity contribution < 1.29 is 25.8 Å². The van der Waals surface area contributed by atoms with Gasteiger partial charge < -0.3 is 19.5 Å². The van der Waals surface area contributed by atoms with Crippen molar-refractivity contribution in [2.45, 2.75) is 80.1 Å². The van der Waals surface area contributed by atoms with Crippen LogP contribution < -0.4 is 15.0 Å². The summed E-state index contributed by atoms with van der Waals surface area (Å²) in [7, 11) is 4.49. The SMILES string of the molecule is [CH2-]N(c1[c-]c(Oc2[c-]c3c(cc2)c2ccc(C(C)(C)C)cc2n3-c2cc(C(C)(C)C)ccn2)ccc1)c1ncccc1Nc1cc(-c2cc(C)cc(C)c2)cc(-c2c(C)cccc2C)c1.[Pt]. The van der Waals surface area contributed by atoms with Gasteiger partial charge in [0.1, 0.15) is 11.6 Å². The van der Waals surface area contributed by atoms with Crippen LogP contribution in [0.25, 0.3) is 49.9 Å². The minimum atomic E-state index is -0.0454. The number of anilines is 4. The van der Waals surface area contributed by atoms with Gasteiger partial charge in [0.15, 0.2) is 0 Å². The summed E-state index contributed by atoms with van der Waals surface area (Å²) < 4.78 is 8.81. The van der Waals surface area contributed by atoms with Crippen molar-refractivity contribution in [3.05, 3.63) is 192 Å². The van der Waals surface area contributed by atoms with Crippen LogP contribution in [0.1, 0.15) is 74.9 Å². The van der Waals surface area contributed by atoms with Crippen LogP contribution in [0.15, 0.2) is 140 Å². The summed E-state index contributed by atoms with van der Waals surface area (Å²) in [6, 6.07) is 51.9. The van der Waals surface area contributed by atoms with E-state index >= 15 is 0 Å². The molecule has 66 heavy (non-hydrogen) atoms. The Balaban J connectivity index is 0.00000592. The third-order valence-corrected chi connectivity index (χ3v) is 12.2. The van der Waals surface area contributed by atoms with E-state index in [9.17, 15) is 0 Å². The molecule has 6 nitrogen and oxygen atoms in total. The maximum atomic E-state index is 6.59. The number of benzene rings is 6. The van der Waals surface area contributed by atoms with Gasteiger partial charge in [-0.05, 0) is 137 Å². The first-order valence-electron chi connectivity index (χ1n) is 22.3. The smallest absolute Gasteiger partial charge is 0.135 e. The second-order valence-corrected chi connectivity index (χ2v) is 19.4. The van der Waals surface area contributed by atoms with Crippen molar-refractivity contribution in [1.29, 1.82) is 0 Å². The molecule has 0 spiro atoms. The van der Waals surface area contributed by atoms with Gasteiger partial charge in [0.2, 0.25) is 0 Å². The molecule has 3 aromatic heterocycles. The first-order chi connectivity index (χ1) is 31.0. The summed E-state index contributed by atoms with van der Waals surface area (Å²) >= 11 is 0. The Morgan fingerprint density at radius 2 is 1.26 bits per heavy atom.